The summed E-state index contributed by atoms with van der Waals surface area (Å²) < 4.78 is 1.46. The van der Waals surface area contributed by atoms with E-state index < -0.39 is 17.9 Å². The predicted octanol–water partition coefficient (Wildman–Crippen LogP) is 0.891. The number of carboxylic acid groups (broad SMARTS) is 1. The fourth-order valence-electron chi connectivity index (χ4n) is 1.92. The second-order valence-corrected chi connectivity index (χ2v) is 5.24. The van der Waals surface area contributed by atoms with E-state index in [9.17, 15) is 9.59 Å². The lowest BCUT2D eigenvalue weighted by atomic mass is 10.0. The summed E-state index contributed by atoms with van der Waals surface area (Å²) in [5.74, 6) is -0.833. The summed E-state index contributed by atoms with van der Waals surface area (Å²) in [5, 5.41) is 15.6. The van der Waals surface area contributed by atoms with Gasteiger partial charge in [0.1, 0.15) is 18.7 Å². The number of carbonyl (C=O) groups is 2. The van der Waals surface area contributed by atoms with Crippen LogP contribution in [0.4, 0.5) is 0 Å². The number of rotatable bonds is 6. The molecule has 2 aromatic heterocycles. The number of carboxylic acids is 1. The maximum atomic E-state index is 12.1. The zero-order valence-corrected chi connectivity index (χ0v) is 12.3. The number of amides is 1. The van der Waals surface area contributed by atoms with Gasteiger partial charge in [-0.25, -0.2) is 19.4 Å². The van der Waals surface area contributed by atoms with Crippen molar-refractivity contribution < 1.29 is 14.7 Å². The molecule has 0 fully saturated rings. The first-order chi connectivity index (χ1) is 10.5. The minimum absolute atomic E-state index is 0.161. The molecule has 0 aliphatic rings. The van der Waals surface area contributed by atoms with E-state index in [1.54, 1.807) is 12.1 Å². The molecule has 2 N–H and O–H groups in total. The molecule has 2 rings (SSSR count). The van der Waals surface area contributed by atoms with Crippen molar-refractivity contribution in [3.63, 3.8) is 0 Å². The highest BCUT2D eigenvalue weighted by Gasteiger charge is 2.21. The van der Waals surface area contributed by atoms with E-state index in [0.717, 1.165) is 0 Å². The zero-order chi connectivity index (χ0) is 16.1. The summed E-state index contributed by atoms with van der Waals surface area (Å²) in [6, 6.07) is 2.26. The second-order valence-electron chi connectivity index (χ2n) is 5.24. The van der Waals surface area contributed by atoms with E-state index in [2.05, 4.69) is 20.4 Å². The molecule has 1 atom stereocenters. The van der Waals surface area contributed by atoms with Crippen molar-refractivity contribution in [1.29, 1.82) is 0 Å². The third kappa shape index (κ3) is 3.87. The van der Waals surface area contributed by atoms with E-state index in [1.165, 1.54) is 23.5 Å². The van der Waals surface area contributed by atoms with Crippen LogP contribution in [0.3, 0.4) is 0 Å². The Kier molecular flexibility index (Phi) is 4.82. The topological polar surface area (TPSA) is 110 Å². The van der Waals surface area contributed by atoms with Crippen LogP contribution < -0.4 is 5.32 Å². The molecule has 22 heavy (non-hydrogen) atoms. The number of hydrogen-bond acceptors (Lipinski definition) is 5. The quantitative estimate of drug-likeness (QED) is 0.820. The zero-order valence-electron chi connectivity index (χ0n) is 12.3. The molecule has 0 aliphatic heterocycles. The highest BCUT2D eigenvalue weighted by atomic mass is 16.4. The molecule has 0 spiro atoms. The Morgan fingerprint density at radius 3 is 2.64 bits per heavy atom. The maximum absolute atomic E-state index is 12.1. The maximum Gasteiger partial charge on any atom is 0.326 e. The summed E-state index contributed by atoms with van der Waals surface area (Å²) in [6.07, 6.45) is 4.61. The number of nitrogens with one attached hydrogen (secondary N) is 1. The Labute approximate surface area is 127 Å². The molecule has 2 aromatic rings. The Morgan fingerprint density at radius 2 is 2.14 bits per heavy atom. The number of carbonyl (C=O) groups excluding carboxylic acids is 1. The fourth-order valence-corrected chi connectivity index (χ4v) is 1.92. The number of aliphatic carboxylic acids is 1. The summed E-state index contributed by atoms with van der Waals surface area (Å²) in [6.45, 7) is 3.80. The second kappa shape index (κ2) is 6.79. The van der Waals surface area contributed by atoms with Crippen LogP contribution in [-0.2, 0) is 4.79 Å². The first kappa shape index (κ1) is 15.6. The van der Waals surface area contributed by atoms with Gasteiger partial charge in [0.2, 0.25) is 0 Å². The van der Waals surface area contributed by atoms with Gasteiger partial charge in [-0.1, -0.05) is 13.8 Å². The van der Waals surface area contributed by atoms with Crippen molar-refractivity contribution in [3.05, 3.63) is 36.5 Å². The third-order valence-electron chi connectivity index (χ3n) is 2.97. The lowest BCUT2D eigenvalue weighted by molar-refractivity contribution is -0.139. The van der Waals surface area contributed by atoms with E-state index in [1.807, 2.05) is 13.8 Å². The number of hydrogen-bond donors (Lipinski definition) is 2. The van der Waals surface area contributed by atoms with Crippen molar-refractivity contribution in [1.82, 2.24) is 25.1 Å². The van der Waals surface area contributed by atoms with Crippen LogP contribution in [0.15, 0.2) is 31.0 Å². The third-order valence-corrected chi connectivity index (χ3v) is 2.97. The van der Waals surface area contributed by atoms with E-state index in [4.69, 9.17) is 5.11 Å². The first-order valence-corrected chi connectivity index (χ1v) is 6.82. The lowest BCUT2D eigenvalue weighted by Crippen LogP contribution is -2.41. The molecular formula is C14H17N5O3. The van der Waals surface area contributed by atoms with Gasteiger partial charge < -0.3 is 10.4 Å². The number of nitrogens with zero attached hydrogens (tertiary/aromatic N) is 4. The van der Waals surface area contributed by atoms with Gasteiger partial charge in [-0.3, -0.25) is 4.79 Å². The lowest BCUT2D eigenvalue weighted by Gasteiger charge is -2.16. The molecule has 2 heterocycles. The Bertz CT molecular complexity index is 637. The Hall–Kier alpha value is -2.77. The minimum atomic E-state index is -1.05. The molecule has 1 unspecified atom stereocenters. The molecule has 0 bridgehead atoms. The van der Waals surface area contributed by atoms with Crippen molar-refractivity contribution in [2.75, 3.05) is 0 Å². The molecule has 0 aromatic carbocycles. The molecule has 0 saturated carbocycles. The van der Waals surface area contributed by atoms with E-state index >= 15 is 0 Å². The first-order valence-electron chi connectivity index (χ1n) is 6.82. The molecule has 1 amide bonds. The van der Waals surface area contributed by atoms with Gasteiger partial charge in [0.25, 0.3) is 5.91 Å². The summed E-state index contributed by atoms with van der Waals surface area (Å²) in [4.78, 5) is 31.2. The van der Waals surface area contributed by atoms with Crippen molar-refractivity contribution in [2.24, 2.45) is 5.92 Å². The van der Waals surface area contributed by atoms with E-state index in [-0.39, 0.29) is 5.92 Å². The van der Waals surface area contributed by atoms with Crippen LogP contribution in [0.1, 0.15) is 30.6 Å². The van der Waals surface area contributed by atoms with Gasteiger partial charge in [-0.05, 0) is 24.5 Å². The largest absolute Gasteiger partial charge is 0.480 e. The van der Waals surface area contributed by atoms with Gasteiger partial charge in [-0.2, -0.15) is 5.10 Å². The van der Waals surface area contributed by atoms with Crippen molar-refractivity contribution in [2.45, 2.75) is 26.3 Å². The minimum Gasteiger partial charge on any atom is -0.480 e. The summed E-state index contributed by atoms with van der Waals surface area (Å²) >= 11 is 0. The van der Waals surface area contributed by atoms with Gasteiger partial charge in [0, 0.05) is 6.20 Å². The van der Waals surface area contributed by atoms with Crippen LogP contribution in [0.25, 0.3) is 5.82 Å². The highest BCUT2D eigenvalue weighted by Crippen LogP contribution is 2.08. The SMILES string of the molecule is CC(C)CC(NC(=O)c1ccc(-n2cncn2)nc1)C(=O)O. The molecule has 0 aliphatic carbocycles. The van der Waals surface area contributed by atoms with Crippen LogP contribution in [0.2, 0.25) is 0 Å². The molecule has 116 valence electrons. The molecular weight excluding hydrogens is 286 g/mol. The molecule has 8 nitrogen and oxygen atoms in total. The summed E-state index contributed by atoms with van der Waals surface area (Å²) in [7, 11) is 0. The average molecular weight is 303 g/mol. The normalized spacial score (nSPS) is 12.1. The van der Waals surface area contributed by atoms with Crippen LogP contribution in [0.5, 0.6) is 0 Å². The highest BCUT2D eigenvalue weighted by molar-refractivity contribution is 5.96. The summed E-state index contributed by atoms with van der Waals surface area (Å²) in [5.41, 5.74) is 0.291. The monoisotopic (exact) mass is 303 g/mol. The van der Waals surface area contributed by atoms with Gasteiger partial charge in [0.05, 0.1) is 5.56 Å². The van der Waals surface area contributed by atoms with Crippen LogP contribution in [0, 0.1) is 5.92 Å². The van der Waals surface area contributed by atoms with E-state index in [0.29, 0.717) is 17.8 Å². The molecule has 0 radical (unpaired) electrons. The standard InChI is InChI=1S/C14H17N5O3/c1-9(2)5-11(14(21)22)18-13(20)10-3-4-12(16-6-10)19-8-15-7-17-19/h3-4,6-9,11H,5H2,1-2H3,(H,18,20)(H,21,22). The Morgan fingerprint density at radius 1 is 1.36 bits per heavy atom. The molecule has 8 heteroatoms. The van der Waals surface area contributed by atoms with Crippen LogP contribution in [-0.4, -0.2) is 42.8 Å². The number of pyridine rings is 1. The average Bonchev–Trinajstić information content (AvgIpc) is 3.00. The smallest absolute Gasteiger partial charge is 0.326 e. The van der Waals surface area contributed by atoms with Gasteiger partial charge >= 0.3 is 5.97 Å². The van der Waals surface area contributed by atoms with Crippen molar-refractivity contribution >= 4 is 11.9 Å². The fraction of sp³-hybridized carbons (Fsp3) is 0.357. The van der Waals surface area contributed by atoms with Gasteiger partial charge in [0.15, 0.2) is 5.82 Å². The number of aromatic nitrogens is 4. The molecule has 0 saturated heterocycles. The van der Waals surface area contributed by atoms with Gasteiger partial charge in [-0.15, -0.1) is 0 Å². The predicted molar refractivity (Wildman–Crippen MR) is 77.5 cm³/mol. The van der Waals surface area contributed by atoms with Crippen LogP contribution >= 0.6 is 0 Å². The van der Waals surface area contributed by atoms with Crippen molar-refractivity contribution in [3.8, 4) is 5.82 Å². The Balaban J connectivity index is 2.07.